The number of hydrogen-bond donors (Lipinski definition) is 0. The van der Waals surface area contributed by atoms with Gasteiger partial charge in [-0.1, -0.05) is 0 Å². The summed E-state index contributed by atoms with van der Waals surface area (Å²) in [6.07, 6.45) is 0. The molecular weight excluding hydrogens is 322 g/mol. The Morgan fingerprint density at radius 2 is 1.63 bits per heavy atom. The highest BCUT2D eigenvalue weighted by Gasteiger charge is 2.25. The molecule has 0 amide bonds. The molecule has 0 spiro atoms. The minimum atomic E-state index is -4.25. The van der Waals surface area contributed by atoms with Gasteiger partial charge in [-0.15, -0.1) is 0 Å². The van der Waals surface area contributed by atoms with Crippen molar-refractivity contribution in [1.82, 2.24) is 14.3 Å². The Morgan fingerprint density at radius 1 is 1.11 bits per heavy atom. The van der Waals surface area contributed by atoms with Gasteiger partial charge in [-0.25, -0.2) is 26.3 Å². The van der Waals surface area contributed by atoms with Gasteiger partial charge in [0.2, 0.25) is 23.9 Å². The average molecular weight is 332 g/mol. The zero-order chi connectivity index (χ0) is 15.0. The average Bonchev–Trinajstić information content (AvgIpc) is 2.27. The van der Waals surface area contributed by atoms with E-state index in [-0.39, 0.29) is 0 Å². The Bertz CT molecular complexity index is 819. The molecule has 0 atom stereocenters. The number of nitrogens with zero attached hydrogens (tertiary/aromatic N) is 3. The molecule has 0 bridgehead atoms. The third kappa shape index (κ3) is 3.64. The first-order valence-corrected chi connectivity index (χ1v) is 8.88. The molecule has 9 nitrogen and oxygen atoms in total. The van der Waals surface area contributed by atoms with Gasteiger partial charge in [-0.05, 0) is 0 Å². The fourth-order valence-corrected chi connectivity index (χ4v) is 4.25. The van der Waals surface area contributed by atoms with E-state index in [1.165, 1.54) is 7.05 Å². The molecule has 0 aliphatic heterocycles. The van der Waals surface area contributed by atoms with Gasteiger partial charge in [0.1, 0.15) is 0 Å². The van der Waals surface area contributed by atoms with Crippen molar-refractivity contribution in [2.45, 2.75) is 5.03 Å². The zero-order valence-corrected chi connectivity index (χ0v) is 12.3. The molecule has 0 saturated heterocycles. The van der Waals surface area contributed by atoms with E-state index < -0.39 is 46.7 Å². The Kier molecular flexibility index (Phi) is 4.22. The second kappa shape index (κ2) is 5.06. The van der Waals surface area contributed by atoms with Crippen LogP contribution in [0.5, 0.6) is 0 Å². The Hall–Kier alpha value is -1.20. The fraction of sp³-hybridized carbons (Fsp3) is 0.571. The van der Waals surface area contributed by atoms with Crippen molar-refractivity contribution in [3.8, 4) is 0 Å². The molecule has 0 saturated carbocycles. The molecule has 0 aliphatic carbocycles. The minimum absolute atomic E-state index is 0.565. The lowest BCUT2D eigenvalue weighted by Gasteiger charge is -2.05. The van der Waals surface area contributed by atoms with Crippen LogP contribution in [0.15, 0.2) is 14.6 Å². The van der Waals surface area contributed by atoms with Crippen LogP contribution in [0, 0.1) is 0 Å². The second-order valence-electron chi connectivity index (χ2n) is 3.64. The molecule has 1 aromatic heterocycles. The van der Waals surface area contributed by atoms with Gasteiger partial charge in [0.25, 0.3) is 5.56 Å². The van der Waals surface area contributed by atoms with Gasteiger partial charge < -0.3 is 0 Å². The third-order valence-corrected chi connectivity index (χ3v) is 5.18. The summed E-state index contributed by atoms with van der Waals surface area (Å²) in [6, 6.07) is 0. The monoisotopic (exact) mass is 331 g/mol. The predicted molar refractivity (Wildman–Crippen MR) is 66.4 cm³/mol. The molecule has 108 valence electrons. The maximum Gasteiger partial charge on any atom is 0.346 e. The summed E-state index contributed by atoms with van der Waals surface area (Å²) in [6.45, 7) is 0. The molecule has 0 aliphatic rings. The van der Waals surface area contributed by atoms with E-state index >= 15 is 0 Å². The van der Waals surface area contributed by atoms with Crippen molar-refractivity contribution in [2.75, 3.05) is 11.5 Å². The molecule has 0 fully saturated rings. The van der Waals surface area contributed by atoms with Crippen molar-refractivity contribution < 1.29 is 16.8 Å². The lowest BCUT2D eigenvalue weighted by molar-refractivity contribution is 0.535. The van der Waals surface area contributed by atoms with Gasteiger partial charge in [0, 0.05) is 24.8 Å². The largest absolute Gasteiger partial charge is 0.346 e. The van der Waals surface area contributed by atoms with Crippen LogP contribution in [-0.4, -0.2) is 42.7 Å². The van der Waals surface area contributed by atoms with Gasteiger partial charge in [-0.2, -0.15) is 5.10 Å². The first-order valence-electron chi connectivity index (χ1n) is 4.75. The molecular formula is C7H10ClN3O6S2. The quantitative estimate of drug-likeness (QED) is 0.574. The summed E-state index contributed by atoms with van der Waals surface area (Å²) in [5.74, 6) is -1.75. The second-order valence-corrected chi connectivity index (χ2v) is 8.56. The SMILES string of the molecule is Cn1nc(S(=O)(=O)CCS(=O)(=O)Cl)c(=O)n(C)c1=O. The minimum Gasteiger partial charge on any atom is -0.266 e. The molecule has 0 unspecified atom stereocenters. The molecule has 1 rings (SSSR count). The predicted octanol–water partition coefficient (Wildman–Crippen LogP) is -2.18. The van der Waals surface area contributed by atoms with Crippen molar-refractivity contribution in [2.24, 2.45) is 14.1 Å². The topological polar surface area (TPSA) is 125 Å². The standard InChI is InChI=1S/C7H10ClN3O6S2/c1-10-6(12)5(9-11(2)7(10)13)18(14,15)3-4-19(8,16)17/h3-4H2,1-2H3. The smallest absolute Gasteiger partial charge is 0.266 e. The van der Waals surface area contributed by atoms with E-state index in [1.54, 1.807) is 0 Å². The maximum atomic E-state index is 11.8. The first kappa shape index (κ1) is 15.9. The highest BCUT2D eigenvalue weighted by molar-refractivity contribution is 8.14. The van der Waals surface area contributed by atoms with Gasteiger partial charge >= 0.3 is 5.69 Å². The van der Waals surface area contributed by atoms with Crippen LogP contribution in [0.3, 0.4) is 0 Å². The molecule has 12 heteroatoms. The Balaban J connectivity index is 3.39. The highest BCUT2D eigenvalue weighted by atomic mass is 35.7. The van der Waals surface area contributed by atoms with Crippen molar-refractivity contribution in [3.63, 3.8) is 0 Å². The van der Waals surface area contributed by atoms with Crippen LogP contribution < -0.4 is 11.2 Å². The maximum absolute atomic E-state index is 11.8. The summed E-state index contributed by atoms with van der Waals surface area (Å²) in [5, 5.41) is 2.46. The van der Waals surface area contributed by atoms with Crippen LogP contribution in [-0.2, 0) is 33.0 Å². The van der Waals surface area contributed by atoms with Gasteiger partial charge in [-0.3, -0.25) is 9.36 Å². The van der Waals surface area contributed by atoms with Crippen LogP contribution in [0.4, 0.5) is 0 Å². The molecule has 1 heterocycles. The normalized spacial score (nSPS) is 12.6. The van der Waals surface area contributed by atoms with Crippen LogP contribution in [0.1, 0.15) is 0 Å². The Labute approximate surface area is 112 Å². The number of aryl methyl sites for hydroxylation is 1. The van der Waals surface area contributed by atoms with Crippen molar-refractivity contribution in [3.05, 3.63) is 20.8 Å². The summed E-state index contributed by atoms with van der Waals surface area (Å²) in [5.41, 5.74) is -1.91. The van der Waals surface area contributed by atoms with E-state index in [1.807, 2.05) is 0 Å². The number of hydrogen-bond acceptors (Lipinski definition) is 7. The fourth-order valence-electron chi connectivity index (χ4n) is 1.17. The van der Waals surface area contributed by atoms with Gasteiger partial charge in [0.05, 0.1) is 11.5 Å². The molecule has 19 heavy (non-hydrogen) atoms. The summed E-state index contributed by atoms with van der Waals surface area (Å²) in [7, 11) is -1.12. The van der Waals surface area contributed by atoms with E-state index in [0.717, 1.165) is 7.05 Å². The van der Waals surface area contributed by atoms with E-state index in [0.29, 0.717) is 9.25 Å². The highest BCUT2D eigenvalue weighted by Crippen LogP contribution is 2.04. The van der Waals surface area contributed by atoms with Crippen molar-refractivity contribution in [1.29, 1.82) is 0 Å². The lowest BCUT2D eigenvalue weighted by Crippen LogP contribution is -2.42. The molecule has 0 N–H and O–H groups in total. The third-order valence-electron chi connectivity index (χ3n) is 2.18. The summed E-state index contributed by atoms with van der Waals surface area (Å²) in [4.78, 5) is 23.0. The van der Waals surface area contributed by atoms with Crippen molar-refractivity contribution >= 4 is 29.6 Å². The first-order chi connectivity index (χ1) is 8.46. The summed E-state index contributed by atoms with van der Waals surface area (Å²) >= 11 is 0. The number of halogens is 1. The summed E-state index contributed by atoms with van der Waals surface area (Å²) < 4.78 is 46.3. The molecule has 0 aromatic carbocycles. The molecule has 1 aromatic rings. The number of aromatic nitrogens is 3. The number of rotatable bonds is 4. The van der Waals surface area contributed by atoms with E-state index in [4.69, 9.17) is 10.7 Å². The van der Waals surface area contributed by atoms with E-state index in [2.05, 4.69) is 5.10 Å². The van der Waals surface area contributed by atoms with Crippen LogP contribution in [0.25, 0.3) is 0 Å². The van der Waals surface area contributed by atoms with Gasteiger partial charge in [0.15, 0.2) is 0 Å². The molecule has 0 radical (unpaired) electrons. The van der Waals surface area contributed by atoms with Crippen LogP contribution >= 0.6 is 10.7 Å². The Morgan fingerprint density at radius 3 is 2.11 bits per heavy atom. The lowest BCUT2D eigenvalue weighted by atomic mass is 10.8. The number of sulfone groups is 1. The van der Waals surface area contributed by atoms with E-state index in [9.17, 15) is 26.4 Å². The van der Waals surface area contributed by atoms with Crippen LogP contribution in [0.2, 0.25) is 0 Å². The zero-order valence-electron chi connectivity index (χ0n) is 9.90.